The van der Waals surface area contributed by atoms with E-state index in [1.807, 2.05) is 36.4 Å². The number of pyridine rings is 1. The maximum atomic E-state index is 12.2. The molecule has 0 spiro atoms. The van der Waals surface area contributed by atoms with Crippen molar-refractivity contribution in [2.24, 2.45) is 0 Å². The average molecular weight is 406 g/mol. The maximum absolute atomic E-state index is 12.2. The Morgan fingerprint density at radius 1 is 1.21 bits per heavy atom. The molecule has 29 heavy (non-hydrogen) atoms. The van der Waals surface area contributed by atoms with E-state index in [0.717, 1.165) is 22.2 Å². The van der Waals surface area contributed by atoms with Crippen LogP contribution in [0, 0.1) is 11.3 Å². The van der Waals surface area contributed by atoms with E-state index in [9.17, 15) is 10.1 Å². The van der Waals surface area contributed by atoms with Crippen LogP contribution >= 0.6 is 11.8 Å². The number of aromatic nitrogens is 1. The molecule has 0 unspecified atom stereocenters. The summed E-state index contributed by atoms with van der Waals surface area (Å²) in [6.07, 6.45) is 0. The molecule has 1 aromatic heterocycles. The molecule has 2 aromatic carbocycles. The van der Waals surface area contributed by atoms with Gasteiger partial charge in [0, 0.05) is 11.9 Å². The highest BCUT2D eigenvalue weighted by atomic mass is 32.2. The van der Waals surface area contributed by atoms with Crippen LogP contribution in [0.4, 0.5) is 0 Å². The van der Waals surface area contributed by atoms with Crippen LogP contribution in [-0.2, 0) is 11.3 Å². The molecule has 0 fully saturated rings. The third-order valence-corrected chi connectivity index (χ3v) is 5.57. The first kappa shape index (κ1) is 20.7. The van der Waals surface area contributed by atoms with Gasteiger partial charge < -0.3 is 10.1 Å². The Labute approximate surface area is 175 Å². The fourth-order valence-electron chi connectivity index (χ4n) is 2.86. The van der Waals surface area contributed by atoms with Gasteiger partial charge in [0.2, 0.25) is 5.91 Å². The highest BCUT2D eigenvalue weighted by Crippen LogP contribution is 2.27. The first-order valence-corrected chi connectivity index (χ1v) is 10.4. The van der Waals surface area contributed by atoms with Crippen molar-refractivity contribution in [3.05, 3.63) is 65.2 Å². The van der Waals surface area contributed by atoms with Crippen molar-refractivity contribution in [3.63, 3.8) is 0 Å². The van der Waals surface area contributed by atoms with Gasteiger partial charge in [0.15, 0.2) is 0 Å². The van der Waals surface area contributed by atoms with Gasteiger partial charge in [-0.05, 0) is 47.4 Å². The summed E-state index contributed by atoms with van der Waals surface area (Å²) in [5, 5.41) is 13.9. The molecular weight excluding hydrogens is 382 g/mol. The molecule has 148 valence electrons. The highest BCUT2D eigenvalue weighted by Gasteiger charge is 2.11. The summed E-state index contributed by atoms with van der Waals surface area (Å²) < 4.78 is 5.13. The standard InChI is InChI=1S/C23H23N3O2S/c1-15(2)17-6-9-21-18(10-17)11-19(12-24)23(26-21)29-14-22(27)25-13-16-4-7-20(28-3)8-5-16/h4-11,15H,13-14H2,1-3H3,(H,25,27). The van der Waals surface area contributed by atoms with Crippen molar-refractivity contribution in [1.82, 2.24) is 10.3 Å². The van der Waals surface area contributed by atoms with Crippen molar-refractivity contribution in [3.8, 4) is 11.8 Å². The van der Waals surface area contributed by atoms with Crippen molar-refractivity contribution in [2.45, 2.75) is 31.3 Å². The van der Waals surface area contributed by atoms with Gasteiger partial charge in [0.1, 0.15) is 16.8 Å². The molecule has 3 rings (SSSR count). The molecule has 0 aliphatic heterocycles. The quantitative estimate of drug-likeness (QED) is 0.579. The zero-order valence-corrected chi connectivity index (χ0v) is 17.5. The van der Waals surface area contributed by atoms with Gasteiger partial charge in [-0.25, -0.2) is 4.98 Å². The molecule has 1 N–H and O–H groups in total. The number of nitrogens with zero attached hydrogens (tertiary/aromatic N) is 2. The molecule has 0 aliphatic rings. The third-order valence-electron chi connectivity index (χ3n) is 4.58. The molecule has 0 aliphatic carbocycles. The number of ether oxygens (including phenoxy) is 1. The summed E-state index contributed by atoms with van der Waals surface area (Å²) >= 11 is 1.28. The van der Waals surface area contributed by atoms with Crippen LogP contribution in [0.25, 0.3) is 10.9 Å². The first-order chi connectivity index (χ1) is 14.0. The van der Waals surface area contributed by atoms with Gasteiger partial charge in [-0.15, -0.1) is 0 Å². The summed E-state index contributed by atoms with van der Waals surface area (Å²) in [5.74, 6) is 1.29. The molecule has 1 heterocycles. The number of amides is 1. The lowest BCUT2D eigenvalue weighted by Crippen LogP contribution is -2.24. The lowest BCUT2D eigenvalue weighted by Gasteiger charge is -2.09. The second-order valence-electron chi connectivity index (χ2n) is 6.97. The SMILES string of the molecule is COc1ccc(CNC(=O)CSc2nc3ccc(C(C)C)cc3cc2C#N)cc1. The van der Waals surface area contributed by atoms with Crippen LogP contribution in [-0.4, -0.2) is 23.8 Å². The normalized spacial score (nSPS) is 10.7. The Bertz CT molecular complexity index is 1060. The molecule has 1 amide bonds. The molecule has 0 atom stereocenters. The van der Waals surface area contributed by atoms with E-state index in [1.54, 1.807) is 7.11 Å². The molecule has 5 nitrogen and oxygen atoms in total. The summed E-state index contributed by atoms with van der Waals surface area (Å²) in [7, 11) is 1.62. The van der Waals surface area contributed by atoms with Crippen LogP contribution < -0.4 is 10.1 Å². The first-order valence-electron chi connectivity index (χ1n) is 9.37. The van der Waals surface area contributed by atoms with E-state index in [1.165, 1.54) is 17.3 Å². The Hall–Kier alpha value is -3.04. The lowest BCUT2D eigenvalue weighted by molar-refractivity contribution is -0.118. The second kappa shape index (κ2) is 9.44. The van der Waals surface area contributed by atoms with Crippen molar-refractivity contribution < 1.29 is 9.53 Å². The van der Waals surface area contributed by atoms with E-state index in [0.29, 0.717) is 23.1 Å². The Kier molecular flexibility index (Phi) is 6.73. The van der Waals surface area contributed by atoms with E-state index >= 15 is 0 Å². The van der Waals surface area contributed by atoms with Gasteiger partial charge in [-0.1, -0.05) is 43.8 Å². The Balaban J connectivity index is 1.65. The number of rotatable bonds is 7. The molecule has 6 heteroatoms. The van der Waals surface area contributed by atoms with Crippen molar-refractivity contribution in [1.29, 1.82) is 5.26 Å². The molecule has 0 radical (unpaired) electrons. The van der Waals surface area contributed by atoms with E-state index < -0.39 is 0 Å². The van der Waals surface area contributed by atoms with Gasteiger partial charge >= 0.3 is 0 Å². The van der Waals surface area contributed by atoms with Crippen LogP contribution in [0.15, 0.2) is 53.6 Å². The number of carbonyl (C=O) groups excluding carboxylic acids is 1. The lowest BCUT2D eigenvalue weighted by atomic mass is 10.0. The minimum atomic E-state index is -0.105. The minimum absolute atomic E-state index is 0.105. The Morgan fingerprint density at radius 3 is 2.62 bits per heavy atom. The highest BCUT2D eigenvalue weighted by molar-refractivity contribution is 8.00. The summed E-state index contributed by atoms with van der Waals surface area (Å²) in [5.41, 5.74) is 3.52. The number of methoxy groups -OCH3 is 1. The topological polar surface area (TPSA) is 75.0 Å². The largest absolute Gasteiger partial charge is 0.497 e. The summed E-state index contributed by atoms with van der Waals surface area (Å²) in [4.78, 5) is 16.8. The number of hydrogen-bond acceptors (Lipinski definition) is 5. The van der Waals surface area contributed by atoms with E-state index in [4.69, 9.17) is 4.74 Å². The number of nitrogens with one attached hydrogen (secondary N) is 1. The van der Waals surface area contributed by atoms with Crippen molar-refractivity contribution >= 4 is 28.6 Å². The van der Waals surface area contributed by atoms with E-state index in [2.05, 4.69) is 42.4 Å². The minimum Gasteiger partial charge on any atom is -0.497 e. The van der Waals surface area contributed by atoms with Crippen LogP contribution in [0.3, 0.4) is 0 Å². The molecule has 0 saturated heterocycles. The zero-order valence-electron chi connectivity index (χ0n) is 16.7. The van der Waals surface area contributed by atoms with Crippen LogP contribution in [0.1, 0.15) is 36.5 Å². The Morgan fingerprint density at radius 2 is 1.97 bits per heavy atom. The van der Waals surface area contributed by atoms with Crippen LogP contribution in [0.5, 0.6) is 5.75 Å². The van der Waals surface area contributed by atoms with Gasteiger partial charge in [0.05, 0.1) is 23.9 Å². The number of thioether (sulfide) groups is 1. The molecule has 0 saturated carbocycles. The number of hydrogen-bond donors (Lipinski definition) is 1. The average Bonchev–Trinajstić information content (AvgIpc) is 2.75. The van der Waals surface area contributed by atoms with E-state index in [-0.39, 0.29) is 11.7 Å². The molecular formula is C23H23N3O2S. The molecule has 3 aromatic rings. The fraction of sp³-hybridized carbons (Fsp3) is 0.261. The summed E-state index contributed by atoms with van der Waals surface area (Å²) in [6, 6.07) is 17.7. The summed E-state index contributed by atoms with van der Waals surface area (Å²) in [6.45, 7) is 4.71. The number of carbonyl (C=O) groups is 1. The predicted octanol–water partition coefficient (Wildman–Crippen LogP) is 4.65. The number of fused-ring (bicyclic) bond motifs is 1. The predicted molar refractivity (Wildman–Crippen MR) is 116 cm³/mol. The number of nitriles is 1. The monoisotopic (exact) mass is 405 g/mol. The molecule has 0 bridgehead atoms. The van der Waals surface area contributed by atoms with Gasteiger partial charge in [0.25, 0.3) is 0 Å². The maximum Gasteiger partial charge on any atom is 0.230 e. The third kappa shape index (κ3) is 5.27. The second-order valence-corrected chi connectivity index (χ2v) is 7.94. The van der Waals surface area contributed by atoms with Gasteiger partial charge in [-0.3, -0.25) is 4.79 Å². The zero-order chi connectivity index (χ0) is 20.8. The van der Waals surface area contributed by atoms with Crippen molar-refractivity contribution in [2.75, 3.05) is 12.9 Å². The number of benzene rings is 2. The smallest absolute Gasteiger partial charge is 0.230 e. The fourth-order valence-corrected chi connectivity index (χ4v) is 3.65. The van der Waals surface area contributed by atoms with Gasteiger partial charge in [-0.2, -0.15) is 5.26 Å². The van der Waals surface area contributed by atoms with Crippen LogP contribution in [0.2, 0.25) is 0 Å².